The average molecular weight is 306 g/mol. The van der Waals surface area contributed by atoms with E-state index in [0.29, 0.717) is 11.1 Å². The molecule has 22 heavy (non-hydrogen) atoms. The fourth-order valence-electron chi connectivity index (χ4n) is 1.85. The minimum atomic E-state index is -1.27. The Balaban J connectivity index is 2.68. The Hall–Kier alpha value is -2.10. The molecule has 0 bridgehead atoms. The van der Waals surface area contributed by atoms with Gasteiger partial charge in [0.2, 0.25) is 0 Å². The van der Waals surface area contributed by atoms with E-state index in [0.717, 1.165) is 5.56 Å². The number of hydrogen-bond acceptors (Lipinski definition) is 5. The normalized spacial score (nSPS) is 13.9. The Morgan fingerprint density at radius 3 is 2.59 bits per heavy atom. The molecule has 1 rings (SSSR count). The predicted octanol–water partition coefficient (Wildman–Crippen LogP) is 1.79. The van der Waals surface area contributed by atoms with Gasteiger partial charge in [0.15, 0.2) is 0 Å². The molecule has 0 spiro atoms. The molecule has 0 saturated carbocycles. The SMILES string of the molecule is Cc1ccc(C(O)C(O)CNC(=O)OC(C)(C)C)c(C#N)c1. The van der Waals surface area contributed by atoms with Crippen molar-refractivity contribution >= 4 is 6.09 Å². The number of ether oxygens (including phenoxy) is 1. The minimum Gasteiger partial charge on any atom is -0.444 e. The highest BCUT2D eigenvalue weighted by Crippen LogP contribution is 2.22. The lowest BCUT2D eigenvalue weighted by Crippen LogP contribution is -2.39. The van der Waals surface area contributed by atoms with Crippen LogP contribution in [0.15, 0.2) is 18.2 Å². The number of aryl methyl sites for hydroxylation is 1. The molecule has 0 aliphatic rings. The van der Waals surface area contributed by atoms with E-state index in [2.05, 4.69) is 5.32 Å². The van der Waals surface area contributed by atoms with E-state index in [1.807, 2.05) is 13.0 Å². The van der Waals surface area contributed by atoms with Crippen LogP contribution in [0.25, 0.3) is 0 Å². The number of nitriles is 1. The second kappa shape index (κ2) is 7.25. The Kier molecular flexibility index (Phi) is 5.92. The zero-order chi connectivity index (χ0) is 16.9. The maximum Gasteiger partial charge on any atom is 0.407 e. The van der Waals surface area contributed by atoms with Crippen molar-refractivity contribution in [3.63, 3.8) is 0 Å². The molecule has 2 unspecified atom stereocenters. The van der Waals surface area contributed by atoms with Crippen molar-refractivity contribution in [2.45, 2.75) is 45.5 Å². The number of amides is 1. The largest absolute Gasteiger partial charge is 0.444 e. The van der Waals surface area contributed by atoms with E-state index in [9.17, 15) is 15.0 Å². The van der Waals surface area contributed by atoms with Gasteiger partial charge in [0.1, 0.15) is 17.8 Å². The summed E-state index contributed by atoms with van der Waals surface area (Å²) in [7, 11) is 0. The molecule has 0 aromatic heterocycles. The van der Waals surface area contributed by atoms with E-state index in [1.165, 1.54) is 0 Å². The zero-order valence-corrected chi connectivity index (χ0v) is 13.3. The molecule has 6 heteroatoms. The van der Waals surface area contributed by atoms with Crippen LogP contribution < -0.4 is 5.32 Å². The number of rotatable bonds is 4. The van der Waals surface area contributed by atoms with Crippen molar-refractivity contribution in [1.82, 2.24) is 5.32 Å². The molecule has 0 radical (unpaired) electrons. The number of nitrogens with zero attached hydrogens (tertiary/aromatic N) is 1. The number of aliphatic hydroxyl groups excluding tert-OH is 2. The minimum absolute atomic E-state index is 0.186. The van der Waals surface area contributed by atoms with Crippen molar-refractivity contribution in [1.29, 1.82) is 5.26 Å². The summed E-state index contributed by atoms with van der Waals surface area (Å²) < 4.78 is 5.04. The van der Waals surface area contributed by atoms with Gasteiger partial charge in [-0.2, -0.15) is 5.26 Å². The molecule has 0 aliphatic heterocycles. The third-order valence-corrected chi connectivity index (χ3v) is 2.87. The maximum atomic E-state index is 11.5. The molecule has 3 N–H and O–H groups in total. The first-order valence-electron chi connectivity index (χ1n) is 6.97. The third-order valence-electron chi connectivity index (χ3n) is 2.87. The molecule has 0 heterocycles. The maximum absolute atomic E-state index is 11.5. The lowest BCUT2D eigenvalue weighted by molar-refractivity contribution is 0.0128. The van der Waals surface area contributed by atoms with Crippen LogP contribution in [0.3, 0.4) is 0 Å². The van der Waals surface area contributed by atoms with Crippen LogP contribution in [0, 0.1) is 18.3 Å². The molecule has 1 aromatic rings. The van der Waals surface area contributed by atoms with Crippen molar-refractivity contribution in [3.05, 3.63) is 34.9 Å². The quantitative estimate of drug-likeness (QED) is 0.787. The van der Waals surface area contributed by atoms with Crippen LogP contribution in [0.5, 0.6) is 0 Å². The van der Waals surface area contributed by atoms with Gasteiger partial charge in [-0.15, -0.1) is 0 Å². The molecule has 2 atom stereocenters. The summed E-state index contributed by atoms with van der Waals surface area (Å²) in [5, 5.41) is 31.6. The van der Waals surface area contributed by atoms with Gasteiger partial charge in [-0.1, -0.05) is 12.1 Å². The first kappa shape index (κ1) is 18.0. The number of alkyl carbamates (subject to hydrolysis) is 1. The second-order valence-corrected chi connectivity index (χ2v) is 6.10. The Morgan fingerprint density at radius 2 is 2.05 bits per heavy atom. The number of nitrogens with one attached hydrogen (secondary N) is 1. The second-order valence-electron chi connectivity index (χ2n) is 6.10. The lowest BCUT2D eigenvalue weighted by Gasteiger charge is -2.22. The van der Waals surface area contributed by atoms with Crippen LogP contribution >= 0.6 is 0 Å². The fourth-order valence-corrected chi connectivity index (χ4v) is 1.85. The number of hydrogen-bond donors (Lipinski definition) is 3. The predicted molar refractivity (Wildman–Crippen MR) is 81.1 cm³/mol. The third kappa shape index (κ3) is 5.35. The molecule has 120 valence electrons. The summed E-state index contributed by atoms with van der Waals surface area (Å²) >= 11 is 0. The van der Waals surface area contributed by atoms with Crippen molar-refractivity contribution in [3.8, 4) is 6.07 Å². The van der Waals surface area contributed by atoms with Gasteiger partial charge < -0.3 is 20.3 Å². The number of benzene rings is 1. The van der Waals surface area contributed by atoms with E-state index in [4.69, 9.17) is 10.00 Å². The van der Waals surface area contributed by atoms with Crippen LogP contribution in [0.2, 0.25) is 0 Å². The summed E-state index contributed by atoms with van der Waals surface area (Å²) in [5.74, 6) is 0. The van der Waals surface area contributed by atoms with Crippen LogP contribution in [0.4, 0.5) is 4.79 Å². The number of carbonyl (C=O) groups excluding carboxylic acids is 1. The molecule has 1 amide bonds. The van der Waals surface area contributed by atoms with Crippen LogP contribution in [0.1, 0.15) is 43.6 Å². The molecule has 6 nitrogen and oxygen atoms in total. The first-order chi connectivity index (χ1) is 10.1. The van der Waals surface area contributed by atoms with Crippen LogP contribution in [-0.4, -0.2) is 34.6 Å². The molecular formula is C16H22N2O4. The van der Waals surface area contributed by atoms with Crippen molar-refractivity contribution in [2.24, 2.45) is 0 Å². The van der Waals surface area contributed by atoms with Crippen LogP contribution in [-0.2, 0) is 4.74 Å². The molecule has 0 fully saturated rings. The highest BCUT2D eigenvalue weighted by Gasteiger charge is 2.23. The average Bonchev–Trinajstić information content (AvgIpc) is 2.42. The molecule has 0 aliphatic carbocycles. The first-order valence-corrected chi connectivity index (χ1v) is 6.97. The standard InChI is InChI=1S/C16H22N2O4/c1-10-5-6-12(11(7-10)8-17)14(20)13(19)9-18-15(21)22-16(2,3)4/h5-7,13-14,19-20H,9H2,1-4H3,(H,18,21). The van der Waals surface area contributed by atoms with Gasteiger partial charge in [0, 0.05) is 12.1 Å². The summed E-state index contributed by atoms with van der Waals surface area (Å²) in [6, 6.07) is 6.95. The summed E-state index contributed by atoms with van der Waals surface area (Å²) in [4.78, 5) is 11.5. The van der Waals surface area contributed by atoms with Gasteiger partial charge in [-0.3, -0.25) is 0 Å². The number of aliphatic hydroxyl groups is 2. The van der Waals surface area contributed by atoms with Gasteiger partial charge in [-0.05, 0) is 39.3 Å². The van der Waals surface area contributed by atoms with E-state index in [-0.39, 0.29) is 6.54 Å². The summed E-state index contributed by atoms with van der Waals surface area (Å²) in [6.07, 6.45) is -3.20. The topological polar surface area (TPSA) is 103 Å². The van der Waals surface area contributed by atoms with Gasteiger partial charge >= 0.3 is 6.09 Å². The van der Waals surface area contributed by atoms with Gasteiger partial charge in [0.05, 0.1) is 11.6 Å². The Morgan fingerprint density at radius 1 is 1.41 bits per heavy atom. The number of carbonyl (C=O) groups is 1. The van der Waals surface area contributed by atoms with Gasteiger partial charge in [0.25, 0.3) is 0 Å². The van der Waals surface area contributed by atoms with E-state index in [1.54, 1.807) is 39.0 Å². The molecular weight excluding hydrogens is 284 g/mol. The fraction of sp³-hybridized carbons (Fsp3) is 0.500. The van der Waals surface area contributed by atoms with Gasteiger partial charge in [-0.25, -0.2) is 4.79 Å². The highest BCUT2D eigenvalue weighted by atomic mass is 16.6. The molecule has 1 aromatic carbocycles. The lowest BCUT2D eigenvalue weighted by atomic mass is 9.97. The zero-order valence-electron chi connectivity index (χ0n) is 13.3. The molecule has 0 saturated heterocycles. The highest BCUT2D eigenvalue weighted by molar-refractivity contribution is 5.67. The smallest absolute Gasteiger partial charge is 0.407 e. The van der Waals surface area contributed by atoms with Crippen molar-refractivity contribution < 1.29 is 19.7 Å². The van der Waals surface area contributed by atoms with Crippen molar-refractivity contribution in [2.75, 3.05) is 6.54 Å². The summed E-state index contributed by atoms with van der Waals surface area (Å²) in [5.41, 5.74) is 0.864. The van der Waals surface area contributed by atoms with E-state index >= 15 is 0 Å². The Bertz CT molecular complexity index is 572. The monoisotopic (exact) mass is 306 g/mol. The van der Waals surface area contributed by atoms with E-state index < -0.39 is 23.9 Å². The summed E-state index contributed by atoms with van der Waals surface area (Å²) in [6.45, 7) is 6.82. The Labute approximate surface area is 130 Å².